The average Bonchev–Trinajstić information content (AvgIpc) is 2.76. The van der Waals surface area contributed by atoms with Crippen molar-refractivity contribution in [3.63, 3.8) is 0 Å². The number of methoxy groups -OCH3 is 1. The van der Waals surface area contributed by atoms with E-state index in [-0.39, 0.29) is 19.1 Å². The highest BCUT2D eigenvalue weighted by Gasteiger charge is 2.28. The van der Waals surface area contributed by atoms with E-state index in [4.69, 9.17) is 14.9 Å². The molecule has 0 aromatic carbocycles. The average molecular weight is 246 g/mol. The van der Waals surface area contributed by atoms with Crippen molar-refractivity contribution in [1.82, 2.24) is 10.2 Å². The summed E-state index contributed by atoms with van der Waals surface area (Å²) in [5.74, 6) is -1.14. The van der Waals surface area contributed by atoms with Gasteiger partial charge in [-0.3, -0.25) is 0 Å². The summed E-state index contributed by atoms with van der Waals surface area (Å²) in [6.07, 6.45) is 0.770. The van der Waals surface area contributed by atoms with E-state index in [2.05, 4.69) is 5.32 Å². The molecule has 0 aromatic heterocycles. The number of aliphatic hydroxyl groups is 1. The maximum absolute atomic E-state index is 11.7. The Morgan fingerprint density at radius 3 is 2.76 bits per heavy atom. The molecule has 2 atom stereocenters. The highest BCUT2D eigenvalue weighted by atomic mass is 16.5. The number of amides is 2. The van der Waals surface area contributed by atoms with Gasteiger partial charge in [0.05, 0.1) is 6.10 Å². The largest absolute Gasteiger partial charge is 0.480 e. The van der Waals surface area contributed by atoms with E-state index in [0.717, 1.165) is 6.42 Å². The summed E-state index contributed by atoms with van der Waals surface area (Å²) >= 11 is 0. The third-order valence-electron chi connectivity index (χ3n) is 2.78. The Labute approximate surface area is 99.4 Å². The van der Waals surface area contributed by atoms with Gasteiger partial charge in [-0.25, -0.2) is 9.59 Å². The van der Waals surface area contributed by atoms with Crippen LogP contribution in [0.1, 0.15) is 12.8 Å². The second-order valence-corrected chi connectivity index (χ2v) is 3.94. The zero-order chi connectivity index (χ0) is 12.8. The number of rotatable bonds is 5. The summed E-state index contributed by atoms with van der Waals surface area (Å²) in [4.78, 5) is 24.0. The quantitative estimate of drug-likeness (QED) is 0.593. The SMILES string of the molecule is COC1CCN(C(=O)NC(CCO)C(=O)O)C1. The molecule has 7 heteroatoms. The Morgan fingerprint density at radius 1 is 1.59 bits per heavy atom. The Kier molecular flexibility index (Phi) is 5.17. The van der Waals surface area contributed by atoms with Crippen LogP contribution in [0.25, 0.3) is 0 Å². The van der Waals surface area contributed by atoms with Crippen LogP contribution in [0.3, 0.4) is 0 Å². The molecule has 0 aromatic rings. The molecular weight excluding hydrogens is 228 g/mol. The number of aliphatic hydroxyl groups excluding tert-OH is 1. The lowest BCUT2D eigenvalue weighted by molar-refractivity contribution is -0.139. The van der Waals surface area contributed by atoms with Crippen LogP contribution in [-0.2, 0) is 9.53 Å². The number of hydrogen-bond acceptors (Lipinski definition) is 4. The van der Waals surface area contributed by atoms with Gasteiger partial charge in [0.1, 0.15) is 6.04 Å². The molecule has 17 heavy (non-hydrogen) atoms. The monoisotopic (exact) mass is 246 g/mol. The molecule has 0 aliphatic carbocycles. The molecule has 1 rings (SSSR count). The molecule has 0 saturated carbocycles. The lowest BCUT2D eigenvalue weighted by atomic mass is 10.2. The Morgan fingerprint density at radius 2 is 2.29 bits per heavy atom. The van der Waals surface area contributed by atoms with Gasteiger partial charge < -0.3 is 25.2 Å². The summed E-state index contributed by atoms with van der Waals surface area (Å²) < 4.78 is 5.11. The lowest BCUT2D eigenvalue weighted by Gasteiger charge is -2.20. The Bertz CT molecular complexity index is 284. The van der Waals surface area contributed by atoms with E-state index in [1.54, 1.807) is 7.11 Å². The maximum atomic E-state index is 11.7. The molecule has 98 valence electrons. The molecule has 1 aliphatic heterocycles. The Hall–Kier alpha value is -1.34. The van der Waals surface area contributed by atoms with E-state index in [9.17, 15) is 9.59 Å². The molecule has 2 unspecified atom stereocenters. The van der Waals surface area contributed by atoms with Crippen LogP contribution < -0.4 is 5.32 Å². The normalized spacial score (nSPS) is 21.3. The number of carbonyl (C=O) groups is 2. The van der Waals surface area contributed by atoms with Gasteiger partial charge in [0.2, 0.25) is 0 Å². The molecule has 0 spiro atoms. The number of ether oxygens (including phenoxy) is 1. The van der Waals surface area contributed by atoms with Crippen molar-refractivity contribution < 1.29 is 24.5 Å². The van der Waals surface area contributed by atoms with E-state index in [1.165, 1.54) is 4.90 Å². The summed E-state index contributed by atoms with van der Waals surface area (Å²) in [6, 6.07) is -1.47. The summed E-state index contributed by atoms with van der Waals surface area (Å²) in [6.45, 7) is 0.738. The van der Waals surface area contributed by atoms with E-state index in [1.807, 2.05) is 0 Å². The van der Waals surface area contributed by atoms with Crippen LogP contribution in [-0.4, -0.2) is 66.1 Å². The minimum Gasteiger partial charge on any atom is -0.480 e. The predicted molar refractivity (Wildman–Crippen MR) is 58.6 cm³/mol. The van der Waals surface area contributed by atoms with E-state index < -0.39 is 18.0 Å². The van der Waals surface area contributed by atoms with Gasteiger partial charge in [0.25, 0.3) is 0 Å². The van der Waals surface area contributed by atoms with Crippen LogP contribution >= 0.6 is 0 Å². The first-order chi connectivity index (χ1) is 8.08. The third-order valence-corrected chi connectivity index (χ3v) is 2.78. The molecular formula is C10H18N2O5. The highest BCUT2D eigenvalue weighted by Crippen LogP contribution is 2.11. The zero-order valence-corrected chi connectivity index (χ0v) is 9.76. The summed E-state index contributed by atoms with van der Waals surface area (Å²) in [5.41, 5.74) is 0. The molecule has 1 saturated heterocycles. The van der Waals surface area contributed by atoms with Crippen molar-refractivity contribution in [2.24, 2.45) is 0 Å². The van der Waals surface area contributed by atoms with Crippen LogP contribution in [0.2, 0.25) is 0 Å². The van der Waals surface area contributed by atoms with Gasteiger partial charge in [0, 0.05) is 33.2 Å². The molecule has 1 heterocycles. The fourth-order valence-corrected chi connectivity index (χ4v) is 1.73. The Balaban J connectivity index is 2.45. The van der Waals surface area contributed by atoms with Crippen molar-refractivity contribution in [2.75, 3.05) is 26.8 Å². The van der Waals surface area contributed by atoms with Crippen molar-refractivity contribution in [2.45, 2.75) is 25.0 Å². The van der Waals surface area contributed by atoms with Crippen molar-refractivity contribution in [1.29, 1.82) is 0 Å². The number of carboxylic acids is 1. The van der Waals surface area contributed by atoms with Gasteiger partial charge in [-0.05, 0) is 6.42 Å². The van der Waals surface area contributed by atoms with Crippen LogP contribution in [0, 0.1) is 0 Å². The first-order valence-electron chi connectivity index (χ1n) is 5.50. The molecule has 1 fully saturated rings. The molecule has 1 aliphatic rings. The molecule has 0 radical (unpaired) electrons. The number of nitrogens with zero attached hydrogens (tertiary/aromatic N) is 1. The van der Waals surface area contributed by atoms with Gasteiger partial charge >= 0.3 is 12.0 Å². The molecule has 7 nitrogen and oxygen atoms in total. The van der Waals surface area contributed by atoms with E-state index >= 15 is 0 Å². The van der Waals surface area contributed by atoms with Crippen molar-refractivity contribution in [3.05, 3.63) is 0 Å². The molecule has 3 N–H and O–H groups in total. The van der Waals surface area contributed by atoms with Gasteiger partial charge in [-0.2, -0.15) is 0 Å². The fraction of sp³-hybridized carbons (Fsp3) is 0.800. The molecule has 2 amide bonds. The highest BCUT2D eigenvalue weighted by molar-refractivity contribution is 5.82. The van der Waals surface area contributed by atoms with Gasteiger partial charge in [-0.15, -0.1) is 0 Å². The zero-order valence-electron chi connectivity index (χ0n) is 9.76. The smallest absolute Gasteiger partial charge is 0.326 e. The lowest BCUT2D eigenvalue weighted by Crippen LogP contribution is -2.47. The number of nitrogens with one attached hydrogen (secondary N) is 1. The first kappa shape index (κ1) is 13.7. The fourth-order valence-electron chi connectivity index (χ4n) is 1.73. The van der Waals surface area contributed by atoms with Crippen molar-refractivity contribution in [3.8, 4) is 0 Å². The number of aliphatic carboxylic acids is 1. The number of hydrogen-bond donors (Lipinski definition) is 3. The van der Waals surface area contributed by atoms with Crippen LogP contribution in [0.4, 0.5) is 4.79 Å². The minimum atomic E-state index is -1.14. The van der Waals surface area contributed by atoms with Crippen molar-refractivity contribution >= 4 is 12.0 Å². The van der Waals surface area contributed by atoms with Gasteiger partial charge in [-0.1, -0.05) is 0 Å². The third kappa shape index (κ3) is 3.86. The maximum Gasteiger partial charge on any atom is 0.326 e. The molecule has 0 bridgehead atoms. The van der Waals surface area contributed by atoms with Gasteiger partial charge in [0.15, 0.2) is 0 Å². The van der Waals surface area contributed by atoms with Crippen LogP contribution in [0.5, 0.6) is 0 Å². The second kappa shape index (κ2) is 6.41. The summed E-state index contributed by atoms with van der Waals surface area (Å²) in [7, 11) is 1.58. The topological polar surface area (TPSA) is 99.1 Å². The first-order valence-corrected chi connectivity index (χ1v) is 5.50. The standard InChI is InChI=1S/C10H18N2O5/c1-17-7-2-4-12(6-7)10(16)11-8(3-5-13)9(14)15/h7-8,13H,2-6H2,1H3,(H,11,16)(H,14,15). The summed E-state index contributed by atoms with van der Waals surface area (Å²) in [5, 5.41) is 19.9. The number of urea groups is 1. The number of carboxylic acid groups (broad SMARTS) is 1. The predicted octanol–water partition coefficient (Wildman–Crippen LogP) is -0.748. The number of carbonyl (C=O) groups excluding carboxylic acids is 1. The minimum absolute atomic E-state index is 0.00260. The second-order valence-electron chi connectivity index (χ2n) is 3.94. The number of likely N-dealkylation sites (tertiary alicyclic amines) is 1. The van der Waals surface area contributed by atoms with E-state index in [0.29, 0.717) is 13.1 Å². The van der Waals surface area contributed by atoms with Crippen LogP contribution in [0.15, 0.2) is 0 Å².